The van der Waals surface area contributed by atoms with Crippen molar-refractivity contribution in [1.29, 1.82) is 0 Å². The van der Waals surface area contributed by atoms with Crippen molar-refractivity contribution in [2.75, 3.05) is 0 Å². The largest absolute Gasteiger partial charge is 0.385 e. The molecule has 0 fully saturated rings. The molecule has 1 N–H and O–H groups in total. The molecule has 0 saturated heterocycles. The monoisotopic (exact) mass is 266 g/mol. The predicted molar refractivity (Wildman–Crippen MR) is 78.6 cm³/mol. The van der Waals surface area contributed by atoms with Gasteiger partial charge in [0.1, 0.15) is 5.82 Å². The van der Waals surface area contributed by atoms with Crippen LogP contribution in [0.5, 0.6) is 0 Å². The van der Waals surface area contributed by atoms with Crippen LogP contribution in [0, 0.1) is 5.82 Å². The average Bonchev–Trinajstić information content (AvgIpc) is 2.43. The topological polar surface area (TPSA) is 20.2 Å². The molecule has 0 aliphatic rings. The van der Waals surface area contributed by atoms with Crippen molar-refractivity contribution in [3.05, 3.63) is 35.6 Å². The van der Waals surface area contributed by atoms with Gasteiger partial charge in [-0.2, -0.15) is 0 Å². The highest BCUT2D eigenvalue weighted by Crippen LogP contribution is 2.32. The molecular formula is C17H27FO. The number of hydrogen-bond acceptors (Lipinski definition) is 1. The summed E-state index contributed by atoms with van der Waals surface area (Å²) in [5.41, 5.74) is -0.554. The van der Waals surface area contributed by atoms with Crippen LogP contribution < -0.4 is 0 Å². The van der Waals surface area contributed by atoms with Crippen molar-refractivity contribution < 1.29 is 9.50 Å². The van der Waals surface area contributed by atoms with Crippen molar-refractivity contribution in [3.8, 4) is 0 Å². The van der Waals surface area contributed by atoms with Crippen LogP contribution >= 0.6 is 0 Å². The molecule has 108 valence electrons. The molecule has 1 nitrogen and oxygen atoms in total. The van der Waals surface area contributed by atoms with Crippen molar-refractivity contribution in [2.24, 2.45) is 0 Å². The standard InChI is InChI=1S/C17H27FO/c1-3-5-6-7-8-11-14-17(19,4-2)15-12-9-10-13-16(15)18/h9-10,12-13,19H,3-8,11,14H2,1-2H3. The minimum absolute atomic E-state index is 0.294. The van der Waals surface area contributed by atoms with E-state index in [4.69, 9.17) is 0 Å². The molecule has 1 aromatic carbocycles. The van der Waals surface area contributed by atoms with Crippen molar-refractivity contribution in [2.45, 2.75) is 70.8 Å². The van der Waals surface area contributed by atoms with E-state index in [1.54, 1.807) is 18.2 Å². The third-order valence-electron chi connectivity index (χ3n) is 3.90. The van der Waals surface area contributed by atoms with E-state index in [1.807, 2.05) is 6.92 Å². The van der Waals surface area contributed by atoms with E-state index in [0.717, 1.165) is 12.8 Å². The van der Waals surface area contributed by atoms with Crippen molar-refractivity contribution in [1.82, 2.24) is 0 Å². The summed E-state index contributed by atoms with van der Waals surface area (Å²) >= 11 is 0. The molecule has 1 rings (SSSR count). The maximum atomic E-state index is 13.8. The number of hydrogen-bond donors (Lipinski definition) is 1. The number of benzene rings is 1. The zero-order valence-electron chi connectivity index (χ0n) is 12.3. The fourth-order valence-electron chi connectivity index (χ4n) is 2.54. The third kappa shape index (κ3) is 4.94. The lowest BCUT2D eigenvalue weighted by Crippen LogP contribution is -2.26. The second-order valence-electron chi connectivity index (χ2n) is 5.38. The van der Waals surface area contributed by atoms with Crippen LogP contribution in [0.15, 0.2) is 24.3 Å². The quantitative estimate of drug-likeness (QED) is 0.611. The summed E-state index contributed by atoms with van der Waals surface area (Å²) in [7, 11) is 0. The van der Waals surface area contributed by atoms with Crippen LogP contribution in [0.4, 0.5) is 4.39 Å². The van der Waals surface area contributed by atoms with Gasteiger partial charge in [-0.25, -0.2) is 4.39 Å². The highest BCUT2D eigenvalue weighted by molar-refractivity contribution is 5.24. The minimum Gasteiger partial charge on any atom is -0.385 e. The lowest BCUT2D eigenvalue weighted by atomic mass is 9.85. The van der Waals surface area contributed by atoms with Crippen LogP contribution in [0.2, 0.25) is 0 Å². The van der Waals surface area contributed by atoms with Gasteiger partial charge in [0.15, 0.2) is 0 Å². The summed E-state index contributed by atoms with van der Waals surface area (Å²) in [6.07, 6.45) is 8.30. The van der Waals surface area contributed by atoms with Crippen molar-refractivity contribution >= 4 is 0 Å². The van der Waals surface area contributed by atoms with Gasteiger partial charge in [0.05, 0.1) is 5.60 Å². The summed E-state index contributed by atoms with van der Waals surface area (Å²) in [4.78, 5) is 0. The maximum Gasteiger partial charge on any atom is 0.129 e. The van der Waals surface area contributed by atoms with Gasteiger partial charge in [-0.05, 0) is 18.9 Å². The Hall–Kier alpha value is -0.890. The first-order chi connectivity index (χ1) is 9.14. The summed E-state index contributed by atoms with van der Waals surface area (Å²) in [5, 5.41) is 10.6. The summed E-state index contributed by atoms with van der Waals surface area (Å²) in [6.45, 7) is 4.12. The van der Waals surface area contributed by atoms with Gasteiger partial charge >= 0.3 is 0 Å². The Labute approximate surface area is 116 Å². The fourth-order valence-corrected chi connectivity index (χ4v) is 2.54. The molecule has 0 bridgehead atoms. The van der Waals surface area contributed by atoms with Crippen LogP contribution in [0.1, 0.15) is 70.8 Å². The Morgan fingerprint density at radius 2 is 1.63 bits per heavy atom. The molecule has 1 unspecified atom stereocenters. The van der Waals surface area contributed by atoms with E-state index < -0.39 is 5.60 Å². The maximum absolute atomic E-state index is 13.8. The molecule has 0 heterocycles. The van der Waals surface area contributed by atoms with Crippen LogP contribution in [0.3, 0.4) is 0 Å². The van der Waals surface area contributed by atoms with Gasteiger partial charge in [-0.3, -0.25) is 0 Å². The number of halogens is 1. The summed E-state index contributed by atoms with van der Waals surface area (Å²) in [5.74, 6) is -0.294. The van der Waals surface area contributed by atoms with E-state index in [9.17, 15) is 9.50 Å². The lowest BCUT2D eigenvalue weighted by Gasteiger charge is -2.27. The Morgan fingerprint density at radius 1 is 1.00 bits per heavy atom. The summed E-state index contributed by atoms with van der Waals surface area (Å²) in [6, 6.07) is 6.59. The number of unbranched alkanes of at least 4 members (excludes halogenated alkanes) is 5. The molecule has 0 radical (unpaired) electrons. The molecule has 0 saturated carbocycles. The Balaban J connectivity index is 2.49. The number of aliphatic hydroxyl groups is 1. The van der Waals surface area contributed by atoms with E-state index in [2.05, 4.69) is 6.92 Å². The predicted octanol–water partition coefficient (Wildman–Crippen LogP) is 5.17. The second-order valence-corrected chi connectivity index (χ2v) is 5.38. The van der Waals surface area contributed by atoms with E-state index in [1.165, 1.54) is 31.7 Å². The van der Waals surface area contributed by atoms with Crippen molar-refractivity contribution in [3.63, 3.8) is 0 Å². The number of rotatable bonds is 9. The Kier molecular flexibility index (Phi) is 7.07. The smallest absolute Gasteiger partial charge is 0.129 e. The van der Waals surface area contributed by atoms with E-state index in [-0.39, 0.29) is 5.82 Å². The molecule has 1 aromatic rings. The lowest BCUT2D eigenvalue weighted by molar-refractivity contribution is 0.0173. The second kappa shape index (κ2) is 8.31. The molecule has 19 heavy (non-hydrogen) atoms. The van der Waals surface area contributed by atoms with Crippen LogP contribution in [-0.4, -0.2) is 5.11 Å². The molecule has 0 aliphatic heterocycles. The zero-order chi connectivity index (χ0) is 14.1. The first-order valence-electron chi connectivity index (χ1n) is 7.61. The molecule has 0 amide bonds. The van der Waals surface area contributed by atoms with Gasteiger partial charge in [-0.1, -0.05) is 70.6 Å². The van der Waals surface area contributed by atoms with Gasteiger partial charge in [0, 0.05) is 5.56 Å². The van der Waals surface area contributed by atoms with Gasteiger partial charge in [-0.15, -0.1) is 0 Å². The first-order valence-corrected chi connectivity index (χ1v) is 7.61. The SMILES string of the molecule is CCCCCCCCC(O)(CC)c1ccccc1F. The minimum atomic E-state index is -1.00. The summed E-state index contributed by atoms with van der Waals surface area (Å²) < 4.78 is 13.8. The van der Waals surface area contributed by atoms with Gasteiger partial charge < -0.3 is 5.11 Å². The molecular weight excluding hydrogens is 239 g/mol. The molecule has 1 atom stereocenters. The van der Waals surface area contributed by atoms with E-state index >= 15 is 0 Å². The molecule has 0 spiro atoms. The van der Waals surface area contributed by atoms with E-state index in [0.29, 0.717) is 18.4 Å². The Morgan fingerprint density at radius 3 is 2.26 bits per heavy atom. The van der Waals surface area contributed by atoms with Gasteiger partial charge in [0.25, 0.3) is 0 Å². The third-order valence-corrected chi connectivity index (χ3v) is 3.90. The highest BCUT2D eigenvalue weighted by Gasteiger charge is 2.29. The van der Waals surface area contributed by atoms with Crippen LogP contribution in [-0.2, 0) is 5.60 Å². The normalized spacial score (nSPS) is 14.3. The first kappa shape index (κ1) is 16.2. The average molecular weight is 266 g/mol. The van der Waals surface area contributed by atoms with Crippen LogP contribution in [0.25, 0.3) is 0 Å². The fraction of sp³-hybridized carbons (Fsp3) is 0.647. The van der Waals surface area contributed by atoms with Gasteiger partial charge in [0.2, 0.25) is 0 Å². The zero-order valence-corrected chi connectivity index (χ0v) is 12.3. The molecule has 2 heteroatoms. The Bertz CT molecular complexity index is 364. The molecule has 0 aromatic heterocycles. The highest BCUT2D eigenvalue weighted by atomic mass is 19.1. The molecule has 0 aliphatic carbocycles.